The molecule has 6 heteroatoms. The van der Waals surface area contributed by atoms with Gasteiger partial charge in [0.15, 0.2) is 0 Å². The van der Waals surface area contributed by atoms with E-state index in [4.69, 9.17) is 5.11 Å². The molecular formula is C15H20N4O2. The van der Waals surface area contributed by atoms with Gasteiger partial charge in [-0.3, -0.25) is 0 Å². The van der Waals surface area contributed by atoms with Gasteiger partial charge in [-0.05, 0) is 38.1 Å². The SMILES string of the molecule is CN(CCn1nnc2cc(C(=O)O)ccc21)C1CCCC1. The van der Waals surface area contributed by atoms with Gasteiger partial charge in [-0.2, -0.15) is 0 Å². The van der Waals surface area contributed by atoms with E-state index in [0.717, 1.165) is 18.6 Å². The molecule has 112 valence electrons. The quantitative estimate of drug-likeness (QED) is 0.911. The zero-order valence-electron chi connectivity index (χ0n) is 12.2. The van der Waals surface area contributed by atoms with Crippen molar-refractivity contribution < 1.29 is 9.90 Å². The number of hydrogen-bond donors (Lipinski definition) is 1. The fourth-order valence-corrected chi connectivity index (χ4v) is 3.05. The molecule has 1 saturated carbocycles. The predicted octanol–water partition coefficient (Wildman–Crippen LogP) is 2.00. The first-order valence-electron chi connectivity index (χ1n) is 7.42. The van der Waals surface area contributed by atoms with Gasteiger partial charge in [-0.1, -0.05) is 18.1 Å². The number of carboxylic acid groups (broad SMARTS) is 1. The van der Waals surface area contributed by atoms with E-state index < -0.39 is 5.97 Å². The van der Waals surface area contributed by atoms with E-state index in [1.54, 1.807) is 18.2 Å². The largest absolute Gasteiger partial charge is 0.478 e. The van der Waals surface area contributed by atoms with Crippen LogP contribution < -0.4 is 0 Å². The second-order valence-electron chi connectivity index (χ2n) is 5.74. The summed E-state index contributed by atoms with van der Waals surface area (Å²) in [5.41, 5.74) is 1.77. The van der Waals surface area contributed by atoms with Crippen LogP contribution in [0.15, 0.2) is 18.2 Å². The maximum absolute atomic E-state index is 11.0. The molecule has 0 aliphatic heterocycles. The van der Waals surface area contributed by atoms with Crippen LogP contribution >= 0.6 is 0 Å². The summed E-state index contributed by atoms with van der Waals surface area (Å²) in [4.78, 5) is 13.3. The lowest BCUT2D eigenvalue weighted by Crippen LogP contribution is -2.32. The van der Waals surface area contributed by atoms with Crippen LogP contribution in [0, 0.1) is 0 Å². The highest BCUT2D eigenvalue weighted by Crippen LogP contribution is 2.22. The Morgan fingerprint density at radius 3 is 2.90 bits per heavy atom. The molecule has 0 bridgehead atoms. The molecular weight excluding hydrogens is 268 g/mol. The van der Waals surface area contributed by atoms with Gasteiger partial charge in [-0.15, -0.1) is 5.10 Å². The number of aromatic carboxylic acids is 1. The molecule has 0 saturated heterocycles. The minimum absolute atomic E-state index is 0.248. The molecule has 0 atom stereocenters. The average molecular weight is 288 g/mol. The van der Waals surface area contributed by atoms with Crippen molar-refractivity contribution in [2.75, 3.05) is 13.6 Å². The Balaban J connectivity index is 1.71. The summed E-state index contributed by atoms with van der Waals surface area (Å²) in [5, 5.41) is 17.2. The first-order valence-corrected chi connectivity index (χ1v) is 7.42. The monoisotopic (exact) mass is 288 g/mol. The molecule has 0 amide bonds. The van der Waals surface area contributed by atoms with Crippen molar-refractivity contribution in [1.29, 1.82) is 0 Å². The molecule has 1 N–H and O–H groups in total. The maximum atomic E-state index is 11.0. The topological polar surface area (TPSA) is 71.2 Å². The van der Waals surface area contributed by atoms with Crippen LogP contribution in [0.2, 0.25) is 0 Å². The minimum atomic E-state index is -0.938. The van der Waals surface area contributed by atoms with E-state index in [2.05, 4.69) is 22.3 Å². The third-order valence-electron chi connectivity index (χ3n) is 4.37. The number of fused-ring (bicyclic) bond motifs is 1. The highest BCUT2D eigenvalue weighted by Gasteiger charge is 2.19. The standard InChI is InChI=1S/C15H20N4O2/c1-18(12-4-2-3-5-12)8-9-19-14-7-6-11(15(20)21)10-13(14)16-17-19/h6-7,10,12H,2-5,8-9H2,1H3,(H,20,21). The van der Waals surface area contributed by atoms with Crippen molar-refractivity contribution >= 4 is 17.0 Å². The number of rotatable bonds is 5. The molecule has 0 unspecified atom stereocenters. The summed E-state index contributed by atoms with van der Waals surface area (Å²) in [7, 11) is 2.16. The predicted molar refractivity (Wildman–Crippen MR) is 79.4 cm³/mol. The van der Waals surface area contributed by atoms with E-state index in [9.17, 15) is 4.79 Å². The third-order valence-corrected chi connectivity index (χ3v) is 4.37. The van der Waals surface area contributed by atoms with Gasteiger partial charge in [0, 0.05) is 12.6 Å². The highest BCUT2D eigenvalue weighted by atomic mass is 16.4. The number of carboxylic acids is 1. The molecule has 1 fully saturated rings. The van der Waals surface area contributed by atoms with Crippen molar-refractivity contribution in [3.63, 3.8) is 0 Å². The van der Waals surface area contributed by atoms with E-state index in [1.807, 2.05) is 4.68 Å². The highest BCUT2D eigenvalue weighted by molar-refractivity contribution is 5.92. The Bertz CT molecular complexity index is 646. The molecule has 1 aliphatic carbocycles. The van der Waals surface area contributed by atoms with Crippen LogP contribution in [0.4, 0.5) is 0 Å². The number of nitrogens with zero attached hydrogens (tertiary/aromatic N) is 4. The maximum Gasteiger partial charge on any atom is 0.335 e. The van der Waals surface area contributed by atoms with E-state index in [-0.39, 0.29) is 5.56 Å². The lowest BCUT2D eigenvalue weighted by Gasteiger charge is -2.23. The van der Waals surface area contributed by atoms with Gasteiger partial charge in [0.1, 0.15) is 5.52 Å². The van der Waals surface area contributed by atoms with Crippen molar-refractivity contribution in [3.05, 3.63) is 23.8 Å². The van der Waals surface area contributed by atoms with E-state index in [0.29, 0.717) is 11.6 Å². The normalized spacial score (nSPS) is 16.1. The number of likely N-dealkylation sites (N-methyl/N-ethyl adjacent to an activating group) is 1. The van der Waals surface area contributed by atoms with Gasteiger partial charge >= 0.3 is 5.97 Å². The van der Waals surface area contributed by atoms with Crippen molar-refractivity contribution in [2.45, 2.75) is 38.3 Å². The van der Waals surface area contributed by atoms with Crippen LogP contribution in [0.5, 0.6) is 0 Å². The molecule has 0 spiro atoms. The number of aromatic nitrogens is 3. The van der Waals surface area contributed by atoms with Crippen LogP contribution in [-0.2, 0) is 6.54 Å². The molecule has 21 heavy (non-hydrogen) atoms. The Kier molecular flexibility index (Phi) is 3.88. The molecule has 1 aromatic heterocycles. The van der Waals surface area contributed by atoms with Gasteiger partial charge in [0.2, 0.25) is 0 Å². The zero-order valence-corrected chi connectivity index (χ0v) is 12.2. The van der Waals surface area contributed by atoms with Crippen molar-refractivity contribution in [2.24, 2.45) is 0 Å². The molecule has 1 aliphatic rings. The van der Waals surface area contributed by atoms with Gasteiger partial charge < -0.3 is 10.0 Å². The van der Waals surface area contributed by atoms with Gasteiger partial charge in [-0.25, -0.2) is 9.48 Å². The van der Waals surface area contributed by atoms with Gasteiger partial charge in [0.25, 0.3) is 0 Å². The number of carbonyl (C=O) groups is 1. The Morgan fingerprint density at radius 2 is 2.19 bits per heavy atom. The summed E-state index contributed by atoms with van der Waals surface area (Å²) in [6.45, 7) is 1.71. The van der Waals surface area contributed by atoms with Crippen molar-refractivity contribution in [3.8, 4) is 0 Å². The summed E-state index contributed by atoms with van der Waals surface area (Å²) in [6, 6.07) is 5.65. The van der Waals surface area contributed by atoms with Crippen LogP contribution in [0.25, 0.3) is 11.0 Å². The molecule has 3 rings (SSSR count). The fourth-order valence-electron chi connectivity index (χ4n) is 3.05. The summed E-state index contributed by atoms with van der Waals surface area (Å²) in [6.07, 6.45) is 5.24. The number of hydrogen-bond acceptors (Lipinski definition) is 4. The second kappa shape index (κ2) is 5.81. The summed E-state index contributed by atoms with van der Waals surface area (Å²) < 4.78 is 1.85. The summed E-state index contributed by atoms with van der Waals surface area (Å²) >= 11 is 0. The van der Waals surface area contributed by atoms with Crippen LogP contribution in [0.3, 0.4) is 0 Å². The molecule has 6 nitrogen and oxygen atoms in total. The first kappa shape index (κ1) is 14.0. The lowest BCUT2D eigenvalue weighted by molar-refractivity contribution is 0.0697. The zero-order chi connectivity index (χ0) is 14.8. The third kappa shape index (κ3) is 2.90. The molecule has 2 aromatic rings. The van der Waals surface area contributed by atoms with E-state index in [1.165, 1.54) is 25.7 Å². The minimum Gasteiger partial charge on any atom is -0.478 e. The Morgan fingerprint density at radius 1 is 1.43 bits per heavy atom. The van der Waals surface area contributed by atoms with Crippen LogP contribution in [0.1, 0.15) is 36.0 Å². The number of benzene rings is 1. The molecule has 1 heterocycles. The molecule has 0 radical (unpaired) electrons. The Hall–Kier alpha value is -1.95. The first-order chi connectivity index (χ1) is 10.1. The second-order valence-corrected chi connectivity index (χ2v) is 5.74. The van der Waals surface area contributed by atoms with Crippen LogP contribution in [-0.4, -0.2) is 50.6 Å². The lowest BCUT2D eigenvalue weighted by atomic mass is 10.2. The summed E-state index contributed by atoms with van der Waals surface area (Å²) in [5.74, 6) is -0.938. The van der Waals surface area contributed by atoms with E-state index >= 15 is 0 Å². The molecule has 1 aromatic carbocycles. The van der Waals surface area contributed by atoms with Gasteiger partial charge in [0.05, 0.1) is 17.6 Å². The van der Waals surface area contributed by atoms with Crippen molar-refractivity contribution in [1.82, 2.24) is 19.9 Å². The average Bonchev–Trinajstić information content (AvgIpc) is 3.13. The Labute approximate surface area is 123 Å². The fraction of sp³-hybridized carbons (Fsp3) is 0.533. The smallest absolute Gasteiger partial charge is 0.335 e.